The molecule has 0 heterocycles. The van der Waals surface area contributed by atoms with Crippen LogP contribution in [0.5, 0.6) is 5.75 Å². The minimum atomic E-state index is -0.493. The number of guanidine groups is 1. The van der Waals surface area contributed by atoms with E-state index in [0.717, 1.165) is 17.3 Å². The normalized spacial score (nSPS) is 11.3. The molecule has 0 aliphatic rings. The predicted octanol–water partition coefficient (Wildman–Crippen LogP) is 3.19. The lowest BCUT2D eigenvalue weighted by Gasteiger charge is -2.26. The maximum Gasteiger partial charge on any atom is 0.410 e. The number of amides is 1. The monoisotopic (exact) mass is 492 g/mol. The molecule has 154 valence electrons. The Bertz CT molecular complexity index is 600. The summed E-state index contributed by atoms with van der Waals surface area (Å²) in [5, 5.41) is 3.26. The van der Waals surface area contributed by atoms with E-state index < -0.39 is 5.60 Å². The molecule has 1 aromatic rings. The highest BCUT2D eigenvalue weighted by atomic mass is 127. The van der Waals surface area contributed by atoms with E-state index in [1.807, 2.05) is 57.0 Å². The van der Waals surface area contributed by atoms with E-state index in [0.29, 0.717) is 19.6 Å². The van der Waals surface area contributed by atoms with Crippen LogP contribution in [0.1, 0.15) is 26.3 Å². The molecule has 1 aromatic carbocycles. The van der Waals surface area contributed by atoms with E-state index in [1.165, 1.54) is 0 Å². The van der Waals surface area contributed by atoms with Gasteiger partial charge in [0.1, 0.15) is 11.4 Å². The molecule has 0 unspecified atom stereocenters. The van der Waals surface area contributed by atoms with Gasteiger partial charge in [0.2, 0.25) is 0 Å². The third-order valence-electron chi connectivity index (χ3n) is 3.59. The maximum absolute atomic E-state index is 12.0. The van der Waals surface area contributed by atoms with Gasteiger partial charge in [0.05, 0.1) is 7.11 Å². The van der Waals surface area contributed by atoms with Crippen molar-refractivity contribution in [1.29, 1.82) is 0 Å². The second kappa shape index (κ2) is 11.9. The first-order valence-electron chi connectivity index (χ1n) is 8.65. The number of aliphatic imine (C=N–C) groups is 1. The topological polar surface area (TPSA) is 66.4 Å². The Kier molecular flexibility index (Phi) is 11.1. The number of halogens is 1. The van der Waals surface area contributed by atoms with Crippen molar-refractivity contribution in [3.63, 3.8) is 0 Å². The first kappa shape index (κ1) is 25.3. The van der Waals surface area contributed by atoms with Gasteiger partial charge in [-0.15, -0.1) is 24.0 Å². The molecule has 7 nitrogen and oxygen atoms in total. The van der Waals surface area contributed by atoms with E-state index in [9.17, 15) is 4.79 Å². The van der Waals surface area contributed by atoms with Gasteiger partial charge in [-0.2, -0.15) is 0 Å². The molecule has 0 atom stereocenters. The van der Waals surface area contributed by atoms with Crippen LogP contribution in [0.15, 0.2) is 29.3 Å². The van der Waals surface area contributed by atoms with Crippen molar-refractivity contribution >= 4 is 36.0 Å². The van der Waals surface area contributed by atoms with Crippen LogP contribution in [-0.4, -0.2) is 68.8 Å². The highest BCUT2D eigenvalue weighted by molar-refractivity contribution is 14.0. The summed E-state index contributed by atoms with van der Waals surface area (Å²) in [5.41, 5.74) is 0.662. The van der Waals surface area contributed by atoms with Crippen LogP contribution in [0.2, 0.25) is 0 Å². The molecule has 1 N–H and O–H groups in total. The molecule has 0 saturated carbocycles. The molecule has 0 aliphatic heterocycles. The van der Waals surface area contributed by atoms with Gasteiger partial charge in [-0.25, -0.2) is 4.79 Å². The Morgan fingerprint density at radius 2 is 1.74 bits per heavy atom. The number of hydrogen-bond acceptors (Lipinski definition) is 4. The molecule has 0 radical (unpaired) electrons. The Morgan fingerprint density at radius 3 is 2.22 bits per heavy atom. The summed E-state index contributed by atoms with van der Waals surface area (Å²) in [7, 11) is 7.09. The number of carbonyl (C=O) groups is 1. The van der Waals surface area contributed by atoms with Gasteiger partial charge in [0.15, 0.2) is 5.96 Å². The molecular weight excluding hydrogens is 459 g/mol. The van der Waals surface area contributed by atoms with Crippen molar-refractivity contribution in [2.75, 3.05) is 41.3 Å². The van der Waals surface area contributed by atoms with Crippen LogP contribution in [-0.2, 0) is 11.3 Å². The van der Waals surface area contributed by atoms with E-state index in [-0.39, 0.29) is 30.1 Å². The number of benzene rings is 1. The fourth-order valence-corrected chi connectivity index (χ4v) is 2.23. The number of methoxy groups -OCH3 is 1. The Morgan fingerprint density at radius 1 is 1.15 bits per heavy atom. The molecule has 1 rings (SSSR count). The van der Waals surface area contributed by atoms with E-state index in [4.69, 9.17) is 9.47 Å². The summed E-state index contributed by atoms with van der Waals surface area (Å²) in [6.07, 6.45) is -0.333. The third-order valence-corrected chi connectivity index (χ3v) is 3.59. The van der Waals surface area contributed by atoms with Gasteiger partial charge >= 0.3 is 6.09 Å². The second-order valence-corrected chi connectivity index (χ2v) is 7.08. The Labute approximate surface area is 180 Å². The van der Waals surface area contributed by atoms with Gasteiger partial charge in [-0.3, -0.25) is 4.99 Å². The van der Waals surface area contributed by atoms with E-state index in [2.05, 4.69) is 10.3 Å². The number of nitrogens with zero attached hydrogens (tertiary/aromatic N) is 3. The number of likely N-dealkylation sites (N-methyl/N-ethyl adjacent to an activating group) is 1. The molecule has 0 fully saturated rings. The van der Waals surface area contributed by atoms with Crippen molar-refractivity contribution in [3.8, 4) is 5.75 Å². The third kappa shape index (κ3) is 9.69. The minimum Gasteiger partial charge on any atom is -0.497 e. The molecule has 0 aliphatic carbocycles. The highest BCUT2D eigenvalue weighted by Crippen LogP contribution is 2.12. The van der Waals surface area contributed by atoms with Gasteiger partial charge in [-0.1, -0.05) is 12.1 Å². The summed E-state index contributed by atoms with van der Waals surface area (Å²) in [5.74, 6) is 1.60. The van der Waals surface area contributed by atoms with Gasteiger partial charge in [0.25, 0.3) is 0 Å². The average molecular weight is 492 g/mol. The van der Waals surface area contributed by atoms with Crippen molar-refractivity contribution in [2.24, 2.45) is 4.99 Å². The summed E-state index contributed by atoms with van der Waals surface area (Å²) in [4.78, 5) is 19.8. The summed E-state index contributed by atoms with van der Waals surface area (Å²) >= 11 is 0. The number of hydrogen-bond donors (Lipinski definition) is 1. The number of carbonyl (C=O) groups excluding carboxylic acids is 1. The quantitative estimate of drug-likeness (QED) is 0.376. The van der Waals surface area contributed by atoms with Gasteiger partial charge < -0.3 is 24.6 Å². The zero-order valence-corrected chi connectivity index (χ0v) is 19.7. The fourth-order valence-electron chi connectivity index (χ4n) is 2.23. The van der Waals surface area contributed by atoms with Crippen LogP contribution < -0.4 is 10.1 Å². The SMILES string of the molecule is CN=C(NCCN(C)C(=O)OC(C)(C)C)N(C)Cc1ccc(OC)cc1.I. The van der Waals surface area contributed by atoms with Gasteiger partial charge in [0, 0.05) is 40.8 Å². The summed E-state index contributed by atoms with van der Waals surface area (Å²) in [6, 6.07) is 7.93. The van der Waals surface area contributed by atoms with Crippen molar-refractivity contribution in [2.45, 2.75) is 32.9 Å². The lowest BCUT2D eigenvalue weighted by atomic mass is 10.2. The van der Waals surface area contributed by atoms with Crippen LogP contribution >= 0.6 is 24.0 Å². The molecule has 27 heavy (non-hydrogen) atoms. The summed E-state index contributed by atoms with van der Waals surface area (Å²) < 4.78 is 10.5. The number of rotatable bonds is 6. The van der Waals surface area contributed by atoms with Gasteiger partial charge in [-0.05, 0) is 38.5 Å². The largest absolute Gasteiger partial charge is 0.497 e. The van der Waals surface area contributed by atoms with Crippen molar-refractivity contribution < 1.29 is 14.3 Å². The number of ether oxygens (including phenoxy) is 2. The smallest absolute Gasteiger partial charge is 0.410 e. The second-order valence-electron chi connectivity index (χ2n) is 7.08. The first-order valence-corrected chi connectivity index (χ1v) is 8.65. The molecule has 0 saturated heterocycles. The standard InChI is InChI=1S/C19H32N4O3.HI/c1-19(2,3)26-18(24)22(5)13-12-21-17(20-4)23(6)14-15-8-10-16(25-7)11-9-15;/h8-11H,12-14H2,1-7H3,(H,20,21);1H. The van der Waals surface area contributed by atoms with Crippen LogP contribution in [0.3, 0.4) is 0 Å². The molecule has 0 spiro atoms. The van der Waals surface area contributed by atoms with Crippen LogP contribution in [0.4, 0.5) is 4.79 Å². The van der Waals surface area contributed by atoms with Crippen LogP contribution in [0.25, 0.3) is 0 Å². The zero-order chi connectivity index (χ0) is 19.7. The maximum atomic E-state index is 12.0. The van der Waals surface area contributed by atoms with Crippen molar-refractivity contribution in [3.05, 3.63) is 29.8 Å². The molecule has 0 aromatic heterocycles. The average Bonchev–Trinajstić information content (AvgIpc) is 2.57. The minimum absolute atomic E-state index is 0. The first-order chi connectivity index (χ1) is 12.2. The predicted molar refractivity (Wildman–Crippen MR) is 120 cm³/mol. The molecule has 0 bridgehead atoms. The zero-order valence-electron chi connectivity index (χ0n) is 17.4. The number of nitrogens with one attached hydrogen (secondary N) is 1. The van der Waals surface area contributed by atoms with Crippen LogP contribution in [0, 0.1) is 0 Å². The Balaban J connectivity index is 0.00000676. The van der Waals surface area contributed by atoms with Crippen molar-refractivity contribution in [1.82, 2.24) is 15.1 Å². The molecular formula is C19H33IN4O3. The highest BCUT2D eigenvalue weighted by Gasteiger charge is 2.19. The summed E-state index contributed by atoms with van der Waals surface area (Å²) in [6.45, 7) is 7.37. The lowest BCUT2D eigenvalue weighted by Crippen LogP contribution is -2.43. The molecule has 8 heteroatoms. The Hall–Kier alpha value is -1.71. The van der Waals surface area contributed by atoms with E-state index >= 15 is 0 Å². The fraction of sp³-hybridized carbons (Fsp3) is 0.579. The lowest BCUT2D eigenvalue weighted by molar-refractivity contribution is 0.0302. The van der Waals surface area contributed by atoms with E-state index in [1.54, 1.807) is 26.1 Å². The molecule has 1 amide bonds.